The maximum atomic E-state index is 12.9. The number of nitrogens with zero attached hydrogens (tertiary/aromatic N) is 4. The van der Waals surface area contributed by atoms with Crippen LogP contribution in [0.4, 0.5) is 24.7 Å². The topological polar surface area (TPSA) is 128 Å². The average molecular weight is 495 g/mol. The van der Waals surface area contributed by atoms with Crippen molar-refractivity contribution < 1.29 is 22.8 Å². The third-order valence-electron chi connectivity index (χ3n) is 5.00. The Labute approximate surface area is 203 Å². The summed E-state index contributed by atoms with van der Waals surface area (Å²) in [7, 11) is 0. The molecule has 4 aromatic rings. The molecule has 0 spiro atoms. The van der Waals surface area contributed by atoms with Crippen LogP contribution in [0.2, 0.25) is 0 Å². The molecular weight excluding hydrogens is 475 g/mol. The fourth-order valence-electron chi connectivity index (χ4n) is 3.26. The second-order valence-corrected chi connectivity index (χ2v) is 7.80. The molecule has 0 aliphatic rings. The second-order valence-electron chi connectivity index (χ2n) is 7.80. The zero-order chi connectivity index (χ0) is 25.9. The van der Waals surface area contributed by atoms with Crippen LogP contribution in [-0.4, -0.2) is 44.3 Å². The number of carbonyl (C=O) groups is 2. The number of anilines is 2. The number of hydrogen-bond acceptors (Lipinski definition) is 6. The molecule has 4 rings (SSSR count). The fourth-order valence-corrected chi connectivity index (χ4v) is 3.26. The summed E-state index contributed by atoms with van der Waals surface area (Å²) in [5.74, 6) is -1.45. The number of carbonyl (C=O) groups excluding carboxylic acids is 2. The fraction of sp³-hybridized carbons (Fsp3) is 0.125. The van der Waals surface area contributed by atoms with Crippen molar-refractivity contribution in [3.63, 3.8) is 0 Å². The van der Waals surface area contributed by atoms with Crippen LogP contribution in [-0.2, 0) is 0 Å². The van der Waals surface area contributed by atoms with Crippen LogP contribution in [0.15, 0.2) is 67.0 Å². The highest BCUT2D eigenvalue weighted by molar-refractivity contribution is 6.07. The number of halogens is 3. The number of primary amides is 1. The first-order valence-corrected chi connectivity index (χ1v) is 10.6. The van der Waals surface area contributed by atoms with Crippen LogP contribution in [0.25, 0.3) is 16.9 Å². The number of aromatic nitrogens is 4. The van der Waals surface area contributed by atoms with Crippen molar-refractivity contribution in [3.8, 4) is 16.9 Å². The molecule has 0 unspecified atom stereocenters. The molecule has 0 aliphatic carbocycles. The van der Waals surface area contributed by atoms with E-state index in [9.17, 15) is 22.8 Å². The van der Waals surface area contributed by atoms with Gasteiger partial charge in [0, 0.05) is 11.8 Å². The Bertz CT molecular complexity index is 1420. The van der Waals surface area contributed by atoms with Crippen molar-refractivity contribution in [1.29, 1.82) is 0 Å². The Balaban J connectivity index is 1.57. The van der Waals surface area contributed by atoms with E-state index in [0.717, 1.165) is 5.56 Å². The van der Waals surface area contributed by atoms with Crippen LogP contribution in [0, 0.1) is 6.92 Å². The highest BCUT2D eigenvalue weighted by atomic mass is 19.4. The van der Waals surface area contributed by atoms with Crippen molar-refractivity contribution in [2.45, 2.75) is 13.1 Å². The van der Waals surface area contributed by atoms with Gasteiger partial charge in [-0.15, -0.1) is 0 Å². The molecule has 12 heteroatoms. The van der Waals surface area contributed by atoms with Crippen molar-refractivity contribution in [2.75, 3.05) is 17.2 Å². The number of aryl methyl sites for hydroxylation is 1. The van der Waals surface area contributed by atoms with Gasteiger partial charge in [-0.1, -0.05) is 23.8 Å². The number of pyridine rings is 2. The summed E-state index contributed by atoms with van der Waals surface area (Å²) < 4.78 is 38.9. The van der Waals surface area contributed by atoms with Gasteiger partial charge in [-0.05, 0) is 43.3 Å². The minimum atomic E-state index is -4.40. The van der Waals surface area contributed by atoms with E-state index < -0.39 is 24.5 Å². The van der Waals surface area contributed by atoms with Gasteiger partial charge in [-0.2, -0.15) is 18.3 Å². The van der Waals surface area contributed by atoms with Crippen LogP contribution >= 0.6 is 0 Å². The molecule has 2 amide bonds. The normalized spacial score (nSPS) is 11.2. The highest BCUT2D eigenvalue weighted by Gasteiger charge is 2.26. The van der Waals surface area contributed by atoms with Crippen LogP contribution < -0.4 is 16.4 Å². The number of nitrogens with two attached hydrogens (primary N) is 1. The van der Waals surface area contributed by atoms with Crippen LogP contribution in [0.5, 0.6) is 0 Å². The number of amides is 2. The average Bonchev–Trinajstić information content (AvgIpc) is 3.27. The lowest BCUT2D eigenvalue weighted by Gasteiger charge is -2.10. The zero-order valence-electron chi connectivity index (χ0n) is 18.9. The summed E-state index contributed by atoms with van der Waals surface area (Å²) in [6, 6.07) is 14.9. The monoisotopic (exact) mass is 495 g/mol. The van der Waals surface area contributed by atoms with Gasteiger partial charge in [0.2, 0.25) is 0 Å². The molecule has 184 valence electrons. The van der Waals surface area contributed by atoms with Crippen molar-refractivity contribution >= 4 is 23.3 Å². The molecule has 0 atom stereocenters. The van der Waals surface area contributed by atoms with Crippen molar-refractivity contribution in [2.24, 2.45) is 5.73 Å². The van der Waals surface area contributed by atoms with Gasteiger partial charge >= 0.3 is 6.18 Å². The van der Waals surface area contributed by atoms with Crippen LogP contribution in [0.3, 0.4) is 0 Å². The van der Waals surface area contributed by atoms with Gasteiger partial charge in [0.05, 0.1) is 23.3 Å². The lowest BCUT2D eigenvalue weighted by molar-refractivity contribution is -0.115. The molecule has 36 heavy (non-hydrogen) atoms. The van der Waals surface area contributed by atoms with E-state index in [1.165, 1.54) is 29.2 Å². The summed E-state index contributed by atoms with van der Waals surface area (Å²) in [6.45, 7) is 0.693. The molecule has 0 bridgehead atoms. The van der Waals surface area contributed by atoms with Gasteiger partial charge in [0.1, 0.15) is 18.1 Å². The Kier molecular flexibility index (Phi) is 6.68. The predicted molar refractivity (Wildman–Crippen MR) is 127 cm³/mol. The Morgan fingerprint density at radius 3 is 2.53 bits per heavy atom. The number of alkyl halides is 3. The van der Waals surface area contributed by atoms with Crippen molar-refractivity contribution in [1.82, 2.24) is 19.7 Å². The van der Waals surface area contributed by atoms with E-state index in [-0.39, 0.29) is 22.9 Å². The number of hydrogen-bond donors (Lipinski definition) is 3. The first-order valence-electron chi connectivity index (χ1n) is 10.6. The SMILES string of the molecule is Cc1ccc(-n2cc(NC(=O)c3cccc(-c4ccnc(NCC(F)(F)F)c4)n3)c(C(N)=O)n2)cc1. The summed E-state index contributed by atoms with van der Waals surface area (Å²) in [6.07, 6.45) is -1.60. The molecule has 0 radical (unpaired) electrons. The van der Waals surface area contributed by atoms with Crippen molar-refractivity contribution in [3.05, 3.63) is 83.9 Å². The van der Waals surface area contributed by atoms with Gasteiger partial charge in [0.15, 0.2) is 5.69 Å². The van der Waals surface area contributed by atoms with E-state index >= 15 is 0 Å². The van der Waals surface area contributed by atoms with Crippen LogP contribution in [0.1, 0.15) is 26.5 Å². The van der Waals surface area contributed by atoms with E-state index in [1.807, 2.05) is 19.1 Å². The largest absolute Gasteiger partial charge is 0.405 e. The maximum absolute atomic E-state index is 12.9. The zero-order valence-corrected chi connectivity index (χ0v) is 18.9. The molecular formula is C24H20F3N7O2. The summed E-state index contributed by atoms with van der Waals surface area (Å²) >= 11 is 0. The van der Waals surface area contributed by atoms with E-state index in [2.05, 4.69) is 25.7 Å². The third kappa shape index (κ3) is 5.84. The minimum absolute atomic E-state index is 0.00705. The van der Waals surface area contributed by atoms with Gasteiger partial charge < -0.3 is 16.4 Å². The van der Waals surface area contributed by atoms with Gasteiger partial charge in [-0.3, -0.25) is 9.59 Å². The predicted octanol–water partition coefficient (Wildman–Crippen LogP) is 3.96. The number of nitrogens with one attached hydrogen (secondary N) is 2. The molecule has 9 nitrogen and oxygen atoms in total. The molecule has 0 saturated heterocycles. The van der Waals surface area contributed by atoms with E-state index in [0.29, 0.717) is 16.9 Å². The Hall–Kier alpha value is -4.74. The lowest BCUT2D eigenvalue weighted by atomic mass is 10.1. The van der Waals surface area contributed by atoms with E-state index in [4.69, 9.17) is 5.73 Å². The first-order chi connectivity index (χ1) is 17.1. The molecule has 0 fully saturated rings. The second kappa shape index (κ2) is 9.86. The standard InChI is InChI=1S/C24H20F3N7O2/c1-14-5-7-16(8-6-14)34-12-19(21(33-34)22(28)35)32-23(36)18-4-2-3-17(31-18)15-9-10-29-20(11-15)30-13-24(25,26)27/h2-12H,13H2,1H3,(H2,28,35)(H,29,30)(H,32,36). The van der Waals surface area contributed by atoms with Gasteiger partial charge in [0.25, 0.3) is 11.8 Å². The molecule has 0 saturated carbocycles. The lowest BCUT2D eigenvalue weighted by Crippen LogP contribution is -2.21. The quantitative estimate of drug-likeness (QED) is 0.356. The summed E-state index contributed by atoms with van der Waals surface area (Å²) in [5.41, 5.74) is 7.92. The maximum Gasteiger partial charge on any atom is 0.405 e. The Morgan fingerprint density at radius 1 is 1.08 bits per heavy atom. The third-order valence-corrected chi connectivity index (χ3v) is 5.00. The Morgan fingerprint density at radius 2 is 1.83 bits per heavy atom. The highest BCUT2D eigenvalue weighted by Crippen LogP contribution is 2.23. The molecule has 3 aromatic heterocycles. The molecule has 4 N–H and O–H groups in total. The molecule has 1 aromatic carbocycles. The first kappa shape index (κ1) is 24.4. The molecule has 3 heterocycles. The summed E-state index contributed by atoms with van der Waals surface area (Å²) in [5, 5.41) is 8.98. The minimum Gasteiger partial charge on any atom is -0.364 e. The number of benzene rings is 1. The summed E-state index contributed by atoms with van der Waals surface area (Å²) in [4.78, 5) is 33.0. The van der Waals surface area contributed by atoms with E-state index in [1.54, 1.807) is 30.3 Å². The molecule has 0 aliphatic heterocycles. The smallest absolute Gasteiger partial charge is 0.364 e. The number of rotatable bonds is 7. The van der Waals surface area contributed by atoms with Gasteiger partial charge in [-0.25, -0.2) is 14.6 Å².